The molecular formula is C34H35F4N5O. The van der Waals surface area contributed by atoms with E-state index < -0.39 is 29.2 Å². The Morgan fingerprint density at radius 2 is 1.84 bits per heavy atom. The van der Waals surface area contributed by atoms with Gasteiger partial charge in [0.05, 0.1) is 11.1 Å². The number of aromatic nitrogens is 2. The molecule has 0 amide bonds. The normalized spacial score (nSPS) is 26.7. The molecule has 8 rings (SSSR count). The fourth-order valence-corrected chi connectivity index (χ4v) is 8.31. The largest absolute Gasteiger partial charge is 0.461 e. The van der Waals surface area contributed by atoms with Crippen LogP contribution in [0.4, 0.5) is 23.4 Å². The van der Waals surface area contributed by atoms with Gasteiger partial charge in [0.15, 0.2) is 5.82 Å². The van der Waals surface area contributed by atoms with Crippen LogP contribution in [0.3, 0.4) is 0 Å². The lowest BCUT2D eigenvalue weighted by Gasteiger charge is -2.34. The SMILES string of the molecule is CCc1c(F)ccc2cccc(-c3c(F)cc4c(N5CC6CCC(C5)N6)nc(OC[C@@]56CCCN5C[C@H](F)C6)nc4c3F)c12. The smallest absolute Gasteiger partial charge is 0.319 e. The Balaban J connectivity index is 1.28. The third kappa shape index (κ3) is 4.43. The maximum atomic E-state index is 16.8. The van der Waals surface area contributed by atoms with Crippen molar-refractivity contribution in [1.29, 1.82) is 0 Å². The highest BCUT2D eigenvalue weighted by Gasteiger charge is 2.49. The molecule has 2 bridgehead atoms. The molecule has 4 aromatic rings. The van der Waals surface area contributed by atoms with Crippen molar-refractivity contribution >= 4 is 27.5 Å². The molecule has 4 aliphatic heterocycles. The predicted molar refractivity (Wildman–Crippen MR) is 162 cm³/mol. The molecule has 44 heavy (non-hydrogen) atoms. The number of rotatable bonds is 6. The molecule has 2 unspecified atom stereocenters. The summed E-state index contributed by atoms with van der Waals surface area (Å²) in [7, 11) is 0. The number of benzene rings is 3. The lowest BCUT2D eigenvalue weighted by molar-refractivity contribution is 0.107. The molecule has 4 fully saturated rings. The van der Waals surface area contributed by atoms with Crippen molar-refractivity contribution in [3.05, 3.63) is 59.4 Å². The zero-order valence-corrected chi connectivity index (χ0v) is 24.7. The van der Waals surface area contributed by atoms with Gasteiger partial charge < -0.3 is 15.0 Å². The fourth-order valence-electron chi connectivity index (χ4n) is 8.31. The Kier molecular flexibility index (Phi) is 6.71. The summed E-state index contributed by atoms with van der Waals surface area (Å²) in [6.07, 6.45) is 3.68. The van der Waals surface area contributed by atoms with Crippen LogP contribution in [-0.2, 0) is 6.42 Å². The molecule has 0 radical (unpaired) electrons. The van der Waals surface area contributed by atoms with Crippen LogP contribution in [-0.4, -0.2) is 71.4 Å². The molecule has 4 atom stereocenters. The van der Waals surface area contributed by atoms with Crippen LogP contribution in [0.1, 0.15) is 44.6 Å². The van der Waals surface area contributed by atoms with Crippen molar-refractivity contribution in [3.63, 3.8) is 0 Å². The maximum absolute atomic E-state index is 16.8. The molecule has 1 N–H and O–H groups in total. The van der Waals surface area contributed by atoms with Crippen molar-refractivity contribution in [3.8, 4) is 17.1 Å². The van der Waals surface area contributed by atoms with Crippen molar-refractivity contribution in [2.24, 2.45) is 0 Å². The zero-order valence-electron chi connectivity index (χ0n) is 24.7. The first kappa shape index (κ1) is 28.0. The van der Waals surface area contributed by atoms with E-state index in [0.29, 0.717) is 54.6 Å². The summed E-state index contributed by atoms with van der Waals surface area (Å²) in [6, 6.07) is 10.0. The first-order chi connectivity index (χ1) is 21.3. The van der Waals surface area contributed by atoms with Crippen LogP contribution in [0.5, 0.6) is 6.01 Å². The Morgan fingerprint density at radius 1 is 1.02 bits per heavy atom. The van der Waals surface area contributed by atoms with Gasteiger partial charge in [-0.2, -0.15) is 9.97 Å². The van der Waals surface area contributed by atoms with Gasteiger partial charge in [0.1, 0.15) is 35.7 Å². The van der Waals surface area contributed by atoms with Crippen LogP contribution in [0, 0.1) is 17.5 Å². The van der Waals surface area contributed by atoms with Gasteiger partial charge >= 0.3 is 6.01 Å². The van der Waals surface area contributed by atoms with Crippen LogP contribution in [0.25, 0.3) is 32.8 Å². The van der Waals surface area contributed by atoms with E-state index >= 15 is 8.78 Å². The number of hydrogen-bond acceptors (Lipinski definition) is 6. The summed E-state index contributed by atoms with van der Waals surface area (Å²) in [4.78, 5) is 13.5. The second-order valence-corrected chi connectivity index (χ2v) is 13.0. The minimum Gasteiger partial charge on any atom is -0.461 e. The molecule has 5 heterocycles. The van der Waals surface area contributed by atoms with Gasteiger partial charge in [-0.25, -0.2) is 17.6 Å². The second kappa shape index (κ2) is 10.5. The fraction of sp³-hybridized carbons (Fsp3) is 0.471. The Bertz CT molecular complexity index is 1770. The average Bonchev–Trinajstić information content (AvgIpc) is 3.66. The van der Waals surface area contributed by atoms with Crippen LogP contribution in [0.15, 0.2) is 36.4 Å². The molecule has 4 aliphatic rings. The Hall–Kier alpha value is -3.50. The van der Waals surface area contributed by atoms with Crippen molar-refractivity contribution < 1.29 is 22.3 Å². The molecule has 0 spiro atoms. The van der Waals surface area contributed by atoms with E-state index in [1.165, 1.54) is 12.1 Å². The summed E-state index contributed by atoms with van der Waals surface area (Å²) < 4.78 is 68.6. The van der Waals surface area contributed by atoms with E-state index in [1.54, 1.807) is 18.2 Å². The third-order valence-corrected chi connectivity index (χ3v) is 10.3. The minimum absolute atomic E-state index is 0.00316. The van der Waals surface area contributed by atoms with E-state index in [1.807, 2.05) is 13.0 Å². The summed E-state index contributed by atoms with van der Waals surface area (Å²) in [5, 5.41) is 5.05. The van der Waals surface area contributed by atoms with E-state index in [0.717, 1.165) is 32.2 Å². The molecule has 230 valence electrons. The molecule has 4 saturated heterocycles. The highest BCUT2D eigenvalue weighted by molar-refractivity contribution is 6.02. The molecule has 0 aliphatic carbocycles. The minimum atomic E-state index is -0.912. The number of nitrogens with one attached hydrogen (secondary N) is 1. The van der Waals surface area contributed by atoms with Crippen molar-refractivity contribution in [1.82, 2.24) is 20.2 Å². The van der Waals surface area contributed by atoms with E-state index in [-0.39, 0.29) is 46.7 Å². The van der Waals surface area contributed by atoms with E-state index in [4.69, 9.17) is 9.72 Å². The highest BCUT2D eigenvalue weighted by atomic mass is 19.1. The number of piperazine rings is 1. The Morgan fingerprint density at radius 3 is 2.64 bits per heavy atom. The lowest BCUT2D eigenvalue weighted by Crippen LogP contribution is -2.51. The number of fused-ring (bicyclic) bond motifs is 5. The zero-order chi connectivity index (χ0) is 30.2. The lowest BCUT2D eigenvalue weighted by atomic mass is 9.92. The topological polar surface area (TPSA) is 53.5 Å². The predicted octanol–water partition coefficient (Wildman–Crippen LogP) is 6.33. The summed E-state index contributed by atoms with van der Waals surface area (Å²) in [5.41, 5.74) is -0.0459. The van der Waals surface area contributed by atoms with Gasteiger partial charge in [-0.15, -0.1) is 0 Å². The van der Waals surface area contributed by atoms with Crippen molar-refractivity contribution in [2.45, 2.75) is 69.2 Å². The molecule has 10 heteroatoms. The van der Waals surface area contributed by atoms with Crippen LogP contribution < -0.4 is 15.0 Å². The van der Waals surface area contributed by atoms with E-state index in [9.17, 15) is 8.78 Å². The number of anilines is 1. The summed E-state index contributed by atoms with van der Waals surface area (Å²) in [6.45, 7) is 4.53. The molecule has 6 nitrogen and oxygen atoms in total. The highest BCUT2D eigenvalue weighted by Crippen LogP contribution is 2.42. The molecule has 0 saturated carbocycles. The number of alkyl halides is 1. The van der Waals surface area contributed by atoms with Crippen molar-refractivity contribution in [2.75, 3.05) is 37.7 Å². The van der Waals surface area contributed by atoms with E-state index in [2.05, 4.69) is 20.1 Å². The molecule has 3 aromatic carbocycles. The van der Waals surface area contributed by atoms with Crippen LogP contribution >= 0.6 is 0 Å². The quantitative estimate of drug-likeness (QED) is 0.260. The van der Waals surface area contributed by atoms with Gasteiger partial charge in [0.25, 0.3) is 0 Å². The molecule has 1 aromatic heterocycles. The third-order valence-electron chi connectivity index (χ3n) is 10.3. The summed E-state index contributed by atoms with van der Waals surface area (Å²) >= 11 is 0. The second-order valence-electron chi connectivity index (χ2n) is 13.0. The van der Waals surface area contributed by atoms with Gasteiger partial charge in [-0.3, -0.25) is 4.90 Å². The van der Waals surface area contributed by atoms with Gasteiger partial charge in [0.2, 0.25) is 0 Å². The first-order valence-electron chi connectivity index (χ1n) is 15.8. The van der Waals surface area contributed by atoms with Crippen LogP contribution in [0.2, 0.25) is 0 Å². The first-order valence-corrected chi connectivity index (χ1v) is 15.8. The van der Waals surface area contributed by atoms with Gasteiger partial charge in [-0.05, 0) is 72.7 Å². The molecular weight excluding hydrogens is 570 g/mol. The number of hydrogen-bond donors (Lipinski definition) is 1. The summed E-state index contributed by atoms with van der Waals surface area (Å²) in [5.74, 6) is -1.58. The van der Waals surface area contributed by atoms with Gasteiger partial charge in [-0.1, -0.05) is 31.2 Å². The number of aryl methyl sites for hydroxylation is 1. The number of halogens is 4. The number of ether oxygens (including phenoxy) is 1. The maximum Gasteiger partial charge on any atom is 0.319 e. The monoisotopic (exact) mass is 605 g/mol. The standard InChI is InChI=1S/C34H35F4N5O/c1-2-23-26(36)10-7-19-5-3-6-24(28(19)23)29-27(37)13-25-31(30(29)38)40-33(41-32(25)42-16-21-8-9-22(17-42)39-21)44-18-34-11-4-12-43(34)15-20(35)14-34/h3,5-7,10,13,20-22,39H,2,4,8-9,11-12,14-18H2,1H3/t20-,21?,22?,34+/m1/s1. The Labute approximate surface area is 253 Å². The number of nitrogens with zero attached hydrogens (tertiary/aromatic N) is 4. The average molecular weight is 606 g/mol. The van der Waals surface area contributed by atoms with Gasteiger partial charge in [0, 0.05) is 43.5 Å².